The predicted molar refractivity (Wildman–Crippen MR) is 109 cm³/mol. The predicted octanol–water partition coefficient (Wildman–Crippen LogP) is 4.33. The second-order valence-corrected chi connectivity index (χ2v) is 8.44. The van der Waals surface area contributed by atoms with Crippen LogP contribution in [0.5, 0.6) is 0 Å². The summed E-state index contributed by atoms with van der Waals surface area (Å²) in [6.45, 7) is 3.73. The van der Waals surface area contributed by atoms with Crippen LogP contribution in [0.2, 0.25) is 0 Å². The van der Waals surface area contributed by atoms with Crippen molar-refractivity contribution >= 4 is 22.8 Å². The van der Waals surface area contributed by atoms with Crippen LogP contribution in [-0.2, 0) is 16.0 Å². The molecular formula is C23H30N2O3. The summed E-state index contributed by atoms with van der Waals surface area (Å²) in [6.07, 6.45) is 8.03. The van der Waals surface area contributed by atoms with Crippen LogP contribution in [0.1, 0.15) is 62.5 Å². The average Bonchev–Trinajstić information content (AvgIpc) is 3.17. The number of aromatic nitrogens is 1. The molecule has 1 saturated carbocycles. The van der Waals surface area contributed by atoms with Crippen molar-refractivity contribution in [3.8, 4) is 0 Å². The van der Waals surface area contributed by atoms with Gasteiger partial charge in [-0.1, -0.05) is 31.5 Å². The van der Waals surface area contributed by atoms with Gasteiger partial charge < -0.3 is 15.0 Å². The third-order valence-electron chi connectivity index (χ3n) is 6.83. The molecule has 1 aliphatic heterocycles. The van der Waals surface area contributed by atoms with Gasteiger partial charge in [0.25, 0.3) is 0 Å². The van der Waals surface area contributed by atoms with Crippen LogP contribution in [0.4, 0.5) is 0 Å². The Labute approximate surface area is 166 Å². The Bertz CT molecular complexity index is 864. The molecule has 28 heavy (non-hydrogen) atoms. The van der Waals surface area contributed by atoms with Gasteiger partial charge in [0.05, 0.1) is 5.92 Å². The number of carboxylic acid groups (broad SMARTS) is 1. The number of rotatable bonds is 4. The lowest BCUT2D eigenvalue weighted by molar-refractivity contribution is -0.145. The summed E-state index contributed by atoms with van der Waals surface area (Å²) in [6, 6.07) is 6.52. The molecule has 1 saturated heterocycles. The summed E-state index contributed by atoms with van der Waals surface area (Å²) in [7, 11) is 0. The number of carbonyl (C=O) groups excluding carboxylic acids is 1. The first kappa shape index (κ1) is 19.0. The minimum atomic E-state index is -0.748. The molecule has 2 unspecified atom stereocenters. The van der Waals surface area contributed by atoms with Crippen molar-refractivity contribution in [3.05, 3.63) is 35.5 Å². The Kier molecular flexibility index (Phi) is 5.42. The fourth-order valence-corrected chi connectivity index (χ4v) is 5.18. The number of piperidine rings is 1. The number of nitrogens with one attached hydrogen (secondary N) is 1. The Hall–Kier alpha value is -2.30. The smallest absolute Gasteiger partial charge is 0.306 e. The van der Waals surface area contributed by atoms with E-state index in [2.05, 4.69) is 36.3 Å². The fourth-order valence-electron chi connectivity index (χ4n) is 5.18. The molecule has 0 radical (unpaired) electrons. The number of hydrogen-bond donors (Lipinski definition) is 2. The normalized spacial score (nSPS) is 23.8. The molecule has 2 N–H and O–H groups in total. The zero-order chi connectivity index (χ0) is 19.7. The Morgan fingerprint density at radius 3 is 2.61 bits per heavy atom. The van der Waals surface area contributed by atoms with Gasteiger partial charge in [0.15, 0.2) is 0 Å². The molecule has 4 rings (SSSR count). The Morgan fingerprint density at radius 1 is 1.14 bits per heavy atom. The van der Waals surface area contributed by atoms with Crippen LogP contribution in [0.25, 0.3) is 10.9 Å². The van der Waals surface area contributed by atoms with E-state index in [1.165, 1.54) is 22.0 Å². The van der Waals surface area contributed by atoms with Crippen molar-refractivity contribution in [3.63, 3.8) is 0 Å². The Morgan fingerprint density at radius 2 is 1.89 bits per heavy atom. The van der Waals surface area contributed by atoms with Crippen LogP contribution in [-0.4, -0.2) is 40.0 Å². The second kappa shape index (κ2) is 7.98. The number of likely N-dealkylation sites (tertiary alicyclic amines) is 1. The van der Waals surface area contributed by atoms with Gasteiger partial charge in [-0.25, -0.2) is 0 Å². The average molecular weight is 383 g/mol. The van der Waals surface area contributed by atoms with E-state index in [0.29, 0.717) is 18.8 Å². The Balaban J connectivity index is 1.41. The van der Waals surface area contributed by atoms with Gasteiger partial charge in [-0.15, -0.1) is 0 Å². The van der Waals surface area contributed by atoms with E-state index in [1.54, 1.807) is 0 Å². The van der Waals surface area contributed by atoms with Crippen molar-refractivity contribution in [2.45, 2.75) is 57.8 Å². The first-order valence-electron chi connectivity index (χ1n) is 10.7. The number of aromatic amines is 1. The summed E-state index contributed by atoms with van der Waals surface area (Å²) >= 11 is 0. The number of fused-ring (bicyclic) bond motifs is 1. The molecule has 2 atom stereocenters. The number of para-hydroxylation sites is 1. The largest absolute Gasteiger partial charge is 0.481 e. The van der Waals surface area contributed by atoms with E-state index < -0.39 is 5.97 Å². The quantitative estimate of drug-likeness (QED) is 0.827. The fraction of sp³-hybridized carbons (Fsp3) is 0.565. The van der Waals surface area contributed by atoms with E-state index in [9.17, 15) is 14.7 Å². The van der Waals surface area contributed by atoms with Crippen LogP contribution < -0.4 is 0 Å². The van der Waals surface area contributed by atoms with Crippen molar-refractivity contribution in [2.75, 3.05) is 13.1 Å². The number of benzene rings is 1. The molecule has 2 aliphatic rings. The number of aliphatic carboxylic acids is 1. The van der Waals surface area contributed by atoms with E-state index in [-0.39, 0.29) is 17.7 Å². The highest BCUT2D eigenvalue weighted by Crippen LogP contribution is 2.36. The monoisotopic (exact) mass is 382 g/mol. The maximum atomic E-state index is 12.9. The molecule has 2 fully saturated rings. The summed E-state index contributed by atoms with van der Waals surface area (Å²) < 4.78 is 0. The highest BCUT2D eigenvalue weighted by atomic mass is 16.4. The zero-order valence-electron chi connectivity index (χ0n) is 16.6. The van der Waals surface area contributed by atoms with Crippen LogP contribution in [0, 0.1) is 11.8 Å². The molecule has 2 heterocycles. The molecule has 150 valence electrons. The molecule has 1 aromatic carbocycles. The number of amides is 1. The number of hydrogen-bond acceptors (Lipinski definition) is 2. The molecule has 1 amide bonds. The first-order valence-corrected chi connectivity index (χ1v) is 10.7. The summed E-state index contributed by atoms with van der Waals surface area (Å²) in [5.41, 5.74) is 3.98. The third kappa shape index (κ3) is 3.54. The number of carboxylic acids is 1. The van der Waals surface area contributed by atoms with Crippen molar-refractivity contribution in [1.29, 1.82) is 0 Å². The van der Waals surface area contributed by atoms with Crippen molar-refractivity contribution in [2.24, 2.45) is 11.8 Å². The van der Waals surface area contributed by atoms with E-state index in [0.717, 1.165) is 45.2 Å². The van der Waals surface area contributed by atoms with E-state index in [1.807, 2.05) is 4.90 Å². The van der Waals surface area contributed by atoms with Gasteiger partial charge in [-0.05, 0) is 55.6 Å². The van der Waals surface area contributed by atoms with Crippen molar-refractivity contribution < 1.29 is 14.7 Å². The van der Waals surface area contributed by atoms with Gasteiger partial charge in [-0.3, -0.25) is 9.59 Å². The SMILES string of the molecule is CCc1cccc2c(C3CCN(C(=O)C4CCCC(C(=O)O)C4)CC3)c[nH]c12. The minimum Gasteiger partial charge on any atom is -0.481 e. The number of aryl methyl sites for hydroxylation is 1. The number of carbonyl (C=O) groups is 2. The standard InChI is InChI=1S/C23H30N2O3/c1-2-15-5-4-8-19-20(14-24-21(15)19)16-9-11-25(12-10-16)22(26)17-6-3-7-18(13-17)23(27)28/h4-5,8,14,16-18,24H,2-3,6-7,9-13H2,1H3,(H,27,28). The van der Waals surface area contributed by atoms with Gasteiger partial charge in [0.1, 0.15) is 0 Å². The van der Waals surface area contributed by atoms with Crippen molar-refractivity contribution in [1.82, 2.24) is 9.88 Å². The molecule has 2 aromatic rings. The van der Waals surface area contributed by atoms with Gasteiger partial charge in [0, 0.05) is 36.1 Å². The molecular weight excluding hydrogens is 352 g/mol. The number of H-pyrrole nitrogens is 1. The molecule has 1 aliphatic carbocycles. The molecule has 5 heteroatoms. The minimum absolute atomic E-state index is 0.105. The van der Waals surface area contributed by atoms with Crippen LogP contribution >= 0.6 is 0 Å². The maximum absolute atomic E-state index is 12.9. The maximum Gasteiger partial charge on any atom is 0.306 e. The van der Waals surface area contributed by atoms with Crippen LogP contribution in [0.15, 0.2) is 24.4 Å². The van der Waals surface area contributed by atoms with Crippen LogP contribution in [0.3, 0.4) is 0 Å². The number of nitrogens with zero attached hydrogens (tertiary/aromatic N) is 1. The summed E-state index contributed by atoms with van der Waals surface area (Å²) in [5.74, 6) is -0.549. The third-order valence-corrected chi connectivity index (χ3v) is 6.83. The van der Waals surface area contributed by atoms with Gasteiger partial charge >= 0.3 is 5.97 Å². The second-order valence-electron chi connectivity index (χ2n) is 8.44. The van der Waals surface area contributed by atoms with E-state index in [4.69, 9.17) is 0 Å². The molecule has 0 spiro atoms. The molecule has 5 nitrogen and oxygen atoms in total. The van der Waals surface area contributed by atoms with E-state index >= 15 is 0 Å². The zero-order valence-corrected chi connectivity index (χ0v) is 16.6. The molecule has 1 aromatic heterocycles. The summed E-state index contributed by atoms with van der Waals surface area (Å²) in [5, 5.41) is 10.6. The summed E-state index contributed by atoms with van der Waals surface area (Å²) in [4.78, 5) is 29.7. The molecule has 0 bridgehead atoms. The van der Waals surface area contributed by atoms with Gasteiger partial charge in [-0.2, -0.15) is 0 Å². The lowest BCUT2D eigenvalue weighted by atomic mass is 9.80. The first-order chi connectivity index (χ1) is 13.6. The lowest BCUT2D eigenvalue weighted by Crippen LogP contribution is -2.43. The topological polar surface area (TPSA) is 73.4 Å². The van der Waals surface area contributed by atoms with Gasteiger partial charge in [0.2, 0.25) is 5.91 Å². The lowest BCUT2D eigenvalue weighted by Gasteiger charge is -2.36. The highest BCUT2D eigenvalue weighted by Gasteiger charge is 2.35. The highest BCUT2D eigenvalue weighted by molar-refractivity contribution is 5.86.